The molecule has 0 unspecified atom stereocenters. The van der Waals surface area contributed by atoms with E-state index < -0.39 is 0 Å². The van der Waals surface area contributed by atoms with Gasteiger partial charge in [0.05, 0.1) is 5.54 Å². The molecule has 0 saturated carbocycles. The van der Waals surface area contributed by atoms with E-state index in [9.17, 15) is 0 Å². The first kappa shape index (κ1) is 11.2. The summed E-state index contributed by atoms with van der Waals surface area (Å²) >= 11 is 0. The van der Waals surface area contributed by atoms with Crippen LogP contribution in [-0.2, 0) is 0 Å². The maximum Gasteiger partial charge on any atom is 0.0895 e. The number of allylic oxidation sites excluding steroid dienone is 1. The first-order valence-electron chi connectivity index (χ1n) is 4.15. The summed E-state index contributed by atoms with van der Waals surface area (Å²) in [6.45, 7) is 8.31. The van der Waals surface area contributed by atoms with Crippen molar-refractivity contribution >= 4 is 0 Å². The average molecular weight is 166 g/mol. The van der Waals surface area contributed by atoms with Crippen LogP contribution < -0.4 is 5.84 Å². The van der Waals surface area contributed by atoms with Crippen molar-refractivity contribution in [1.29, 1.82) is 0 Å². The van der Waals surface area contributed by atoms with Crippen LogP contribution in [0.25, 0.3) is 0 Å². The monoisotopic (exact) mass is 166 g/mol. The molecule has 0 aromatic carbocycles. The summed E-state index contributed by atoms with van der Waals surface area (Å²) in [5.41, 5.74) is -0.346. The van der Waals surface area contributed by atoms with Crippen molar-refractivity contribution in [3.63, 3.8) is 0 Å². The van der Waals surface area contributed by atoms with Crippen LogP contribution in [0.2, 0.25) is 0 Å². The summed E-state index contributed by atoms with van der Waals surface area (Å²) in [5.74, 6) is 8.40. The summed E-state index contributed by atoms with van der Waals surface area (Å²) in [7, 11) is 0. The minimum atomic E-state index is -0.346. The van der Waals surface area contributed by atoms with E-state index in [-0.39, 0.29) is 5.54 Å². The molecular weight excluding hydrogens is 148 g/mol. The molecule has 0 bridgehead atoms. The van der Waals surface area contributed by atoms with Gasteiger partial charge in [0, 0.05) is 6.54 Å². The largest absolute Gasteiger partial charge is 0.267 e. The minimum absolute atomic E-state index is 0.346. The summed E-state index contributed by atoms with van der Waals surface area (Å²) in [6.07, 6.45) is 9.19. The van der Waals surface area contributed by atoms with Gasteiger partial charge in [0.1, 0.15) is 0 Å². The lowest BCUT2D eigenvalue weighted by atomic mass is 10.1. The van der Waals surface area contributed by atoms with E-state index in [4.69, 9.17) is 12.3 Å². The van der Waals surface area contributed by atoms with E-state index in [2.05, 4.69) is 12.5 Å². The van der Waals surface area contributed by atoms with Crippen molar-refractivity contribution in [3.05, 3.63) is 12.7 Å². The molecule has 12 heavy (non-hydrogen) atoms. The molecule has 0 aromatic heterocycles. The fourth-order valence-electron chi connectivity index (χ4n) is 0.768. The zero-order valence-corrected chi connectivity index (χ0v) is 8.01. The van der Waals surface area contributed by atoms with Gasteiger partial charge in [-0.2, -0.15) is 0 Å². The van der Waals surface area contributed by atoms with E-state index in [0.29, 0.717) is 0 Å². The fraction of sp³-hybridized carbons (Fsp3) is 0.600. The van der Waals surface area contributed by atoms with Crippen molar-refractivity contribution in [1.82, 2.24) is 5.01 Å². The van der Waals surface area contributed by atoms with Gasteiger partial charge < -0.3 is 0 Å². The molecule has 0 atom stereocenters. The van der Waals surface area contributed by atoms with Crippen LogP contribution in [0.5, 0.6) is 0 Å². The zero-order chi connectivity index (χ0) is 9.61. The van der Waals surface area contributed by atoms with Gasteiger partial charge in [-0.1, -0.05) is 12.0 Å². The normalized spacial score (nSPS) is 11.2. The second-order valence-electron chi connectivity index (χ2n) is 3.33. The third-order valence-corrected chi connectivity index (χ3v) is 1.88. The Balaban J connectivity index is 3.80. The van der Waals surface area contributed by atoms with E-state index in [0.717, 1.165) is 19.4 Å². The fourth-order valence-corrected chi connectivity index (χ4v) is 0.768. The molecule has 0 heterocycles. The highest BCUT2D eigenvalue weighted by atomic mass is 15.4. The first-order chi connectivity index (χ1) is 5.54. The molecule has 0 fully saturated rings. The Bertz CT molecular complexity index is 177. The Morgan fingerprint density at radius 1 is 1.67 bits per heavy atom. The van der Waals surface area contributed by atoms with Crippen molar-refractivity contribution in [2.24, 2.45) is 5.84 Å². The predicted molar refractivity (Wildman–Crippen MR) is 53.2 cm³/mol. The van der Waals surface area contributed by atoms with Gasteiger partial charge in [-0.25, -0.2) is 5.01 Å². The maximum atomic E-state index is 5.76. The molecular formula is C10H18N2. The van der Waals surface area contributed by atoms with Gasteiger partial charge in [0.25, 0.3) is 0 Å². The molecule has 0 aliphatic carbocycles. The molecule has 0 aliphatic rings. The van der Waals surface area contributed by atoms with Crippen LogP contribution in [0.4, 0.5) is 0 Å². The highest BCUT2D eigenvalue weighted by Gasteiger charge is 2.19. The minimum Gasteiger partial charge on any atom is -0.267 e. The number of rotatable bonds is 5. The average Bonchev–Trinajstić information content (AvgIpc) is 2.05. The molecule has 0 amide bonds. The van der Waals surface area contributed by atoms with Crippen LogP contribution in [0.3, 0.4) is 0 Å². The molecule has 2 nitrogen and oxygen atoms in total. The molecule has 0 aliphatic heterocycles. The Morgan fingerprint density at radius 2 is 2.25 bits per heavy atom. The highest BCUT2D eigenvalue weighted by molar-refractivity contribution is 5.07. The number of unbranched alkanes of at least 4 members (excludes halogenated alkanes) is 1. The number of hydrogen-bond acceptors (Lipinski definition) is 2. The number of nitrogens with two attached hydrogens (primary N) is 1. The Labute approximate surface area is 75.4 Å². The molecule has 0 radical (unpaired) electrons. The molecule has 2 N–H and O–H groups in total. The lowest BCUT2D eigenvalue weighted by Gasteiger charge is -2.29. The van der Waals surface area contributed by atoms with E-state index >= 15 is 0 Å². The molecule has 0 rings (SSSR count). The summed E-state index contributed by atoms with van der Waals surface area (Å²) < 4.78 is 0. The molecule has 2 heteroatoms. The van der Waals surface area contributed by atoms with Crippen molar-refractivity contribution in [3.8, 4) is 12.3 Å². The van der Waals surface area contributed by atoms with Crippen LogP contribution in [0.15, 0.2) is 12.7 Å². The predicted octanol–water partition coefficient (Wildman–Crippen LogP) is 1.54. The standard InChI is InChI=1S/C10H18N2/c1-5-7-8-9-12(11)10(3,4)6-2/h2,5H,1,7-9,11H2,3-4H3. The van der Waals surface area contributed by atoms with Gasteiger partial charge in [0.2, 0.25) is 0 Å². The van der Waals surface area contributed by atoms with Gasteiger partial charge >= 0.3 is 0 Å². The highest BCUT2D eigenvalue weighted by Crippen LogP contribution is 2.08. The number of terminal acetylenes is 1. The second kappa shape index (κ2) is 4.97. The van der Waals surface area contributed by atoms with Crippen LogP contribution in [0.1, 0.15) is 26.7 Å². The molecule has 68 valence electrons. The quantitative estimate of drug-likeness (QED) is 0.221. The van der Waals surface area contributed by atoms with Crippen molar-refractivity contribution in [2.45, 2.75) is 32.2 Å². The Kier molecular flexibility index (Phi) is 4.65. The zero-order valence-electron chi connectivity index (χ0n) is 8.01. The van der Waals surface area contributed by atoms with Crippen LogP contribution in [0, 0.1) is 12.3 Å². The lowest BCUT2D eigenvalue weighted by Crippen LogP contribution is -2.48. The van der Waals surface area contributed by atoms with Gasteiger partial charge in [0.15, 0.2) is 0 Å². The topological polar surface area (TPSA) is 29.3 Å². The van der Waals surface area contributed by atoms with Gasteiger partial charge in [-0.3, -0.25) is 5.84 Å². The van der Waals surface area contributed by atoms with Gasteiger partial charge in [-0.05, 0) is 26.7 Å². The second-order valence-corrected chi connectivity index (χ2v) is 3.33. The summed E-state index contributed by atoms with van der Waals surface area (Å²) in [4.78, 5) is 0. The molecule has 0 aromatic rings. The third-order valence-electron chi connectivity index (χ3n) is 1.88. The summed E-state index contributed by atoms with van der Waals surface area (Å²) in [5, 5.41) is 1.69. The van der Waals surface area contributed by atoms with Crippen LogP contribution in [-0.4, -0.2) is 17.1 Å². The number of hydrogen-bond donors (Lipinski definition) is 1. The Hall–Kier alpha value is -0.780. The number of hydrazine groups is 1. The SMILES string of the molecule is C#CC(C)(C)N(N)CCCC=C. The number of nitrogens with zero attached hydrogens (tertiary/aromatic N) is 1. The van der Waals surface area contributed by atoms with E-state index in [1.165, 1.54) is 0 Å². The van der Waals surface area contributed by atoms with Gasteiger partial charge in [-0.15, -0.1) is 13.0 Å². The smallest absolute Gasteiger partial charge is 0.0895 e. The van der Waals surface area contributed by atoms with E-state index in [1.54, 1.807) is 5.01 Å². The van der Waals surface area contributed by atoms with Crippen molar-refractivity contribution < 1.29 is 0 Å². The first-order valence-corrected chi connectivity index (χ1v) is 4.15. The summed E-state index contributed by atoms with van der Waals surface area (Å²) in [6, 6.07) is 0. The Morgan fingerprint density at radius 3 is 2.67 bits per heavy atom. The van der Waals surface area contributed by atoms with E-state index in [1.807, 2.05) is 19.9 Å². The van der Waals surface area contributed by atoms with Crippen molar-refractivity contribution in [2.75, 3.05) is 6.54 Å². The van der Waals surface area contributed by atoms with Crippen LogP contribution >= 0.6 is 0 Å². The maximum absolute atomic E-state index is 5.76. The lowest BCUT2D eigenvalue weighted by molar-refractivity contribution is 0.171. The molecule has 0 spiro atoms. The molecule has 0 saturated heterocycles. The third kappa shape index (κ3) is 3.56.